The van der Waals surface area contributed by atoms with Crippen molar-refractivity contribution in [1.82, 2.24) is 14.5 Å². The van der Waals surface area contributed by atoms with E-state index in [1.54, 1.807) is 0 Å². The first-order valence-corrected chi connectivity index (χ1v) is 7.66. The maximum atomic E-state index is 12.3. The molecule has 1 aliphatic rings. The van der Waals surface area contributed by atoms with Crippen LogP contribution in [0.1, 0.15) is 10.6 Å². The Balaban J connectivity index is 2.11. The van der Waals surface area contributed by atoms with Gasteiger partial charge in [-0.15, -0.1) is 0 Å². The van der Waals surface area contributed by atoms with Crippen molar-refractivity contribution in [2.75, 3.05) is 33.2 Å². The van der Waals surface area contributed by atoms with E-state index in [1.807, 2.05) is 0 Å². The summed E-state index contributed by atoms with van der Waals surface area (Å²) in [4.78, 5) is 23.9. The van der Waals surface area contributed by atoms with Crippen LogP contribution in [-0.4, -0.2) is 62.8 Å². The highest BCUT2D eigenvalue weighted by atomic mass is 32.2. The fourth-order valence-electron chi connectivity index (χ4n) is 2.01. The Morgan fingerprint density at radius 3 is 2.33 bits per heavy atom. The first kappa shape index (κ1) is 15.3. The second-order valence-corrected chi connectivity index (χ2v) is 6.30. The molecule has 0 unspecified atom stereocenters. The maximum Gasteiger partial charge on any atom is 0.317 e. The van der Waals surface area contributed by atoms with Crippen molar-refractivity contribution in [3.8, 4) is 0 Å². The zero-order chi connectivity index (χ0) is 15.6. The van der Waals surface area contributed by atoms with Gasteiger partial charge >= 0.3 is 6.03 Å². The van der Waals surface area contributed by atoms with Crippen LogP contribution in [0.4, 0.5) is 4.79 Å². The summed E-state index contributed by atoms with van der Waals surface area (Å²) in [5.41, 5.74) is 5.02. The maximum absolute atomic E-state index is 12.3. The SMILES string of the molecule is CNC(=O)N1CCN(S(=O)(=O)c2ccc(C(N)=O)o2)CC1. The van der Waals surface area contributed by atoms with E-state index in [1.165, 1.54) is 28.4 Å². The minimum atomic E-state index is -3.83. The lowest BCUT2D eigenvalue weighted by Crippen LogP contribution is -2.52. The van der Waals surface area contributed by atoms with E-state index in [2.05, 4.69) is 5.32 Å². The summed E-state index contributed by atoms with van der Waals surface area (Å²) in [7, 11) is -2.32. The fraction of sp³-hybridized carbons (Fsp3) is 0.455. The predicted octanol–water partition coefficient (Wildman–Crippen LogP) is -0.976. The van der Waals surface area contributed by atoms with Gasteiger partial charge in [0.25, 0.3) is 15.9 Å². The van der Waals surface area contributed by atoms with E-state index >= 15 is 0 Å². The van der Waals surface area contributed by atoms with Crippen LogP contribution in [0.25, 0.3) is 0 Å². The van der Waals surface area contributed by atoms with Crippen molar-refractivity contribution in [3.63, 3.8) is 0 Å². The minimum absolute atomic E-state index is 0.155. The molecule has 0 aromatic carbocycles. The van der Waals surface area contributed by atoms with Crippen molar-refractivity contribution in [2.45, 2.75) is 5.09 Å². The van der Waals surface area contributed by atoms with Crippen LogP contribution >= 0.6 is 0 Å². The molecule has 1 saturated heterocycles. The molecule has 1 aromatic heterocycles. The molecule has 3 amide bonds. The number of primary amides is 1. The van der Waals surface area contributed by atoms with E-state index in [0.29, 0.717) is 0 Å². The average molecular weight is 316 g/mol. The number of piperazine rings is 1. The highest BCUT2D eigenvalue weighted by molar-refractivity contribution is 7.89. The third-order valence-electron chi connectivity index (χ3n) is 3.16. The van der Waals surface area contributed by atoms with Gasteiger partial charge in [0.15, 0.2) is 5.76 Å². The summed E-state index contributed by atoms with van der Waals surface area (Å²) in [5, 5.41) is 2.16. The number of nitrogens with one attached hydrogen (secondary N) is 1. The summed E-state index contributed by atoms with van der Waals surface area (Å²) in [5.74, 6) is -1.04. The van der Waals surface area contributed by atoms with E-state index < -0.39 is 15.9 Å². The van der Waals surface area contributed by atoms with Gasteiger partial charge in [0.05, 0.1) is 0 Å². The van der Waals surface area contributed by atoms with Crippen LogP contribution in [0.5, 0.6) is 0 Å². The number of rotatable bonds is 3. The molecular weight excluding hydrogens is 300 g/mol. The van der Waals surface area contributed by atoms with Crippen molar-refractivity contribution >= 4 is 22.0 Å². The first-order chi connectivity index (χ1) is 9.86. The van der Waals surface area contributed by atoms with Gasteiger partial charge < -0.3 is 20.4 Å². The number of sulfonamides is 1. The number of amides is 3. The van der Waals surface area contributed by atoms with E-state index in [-0.39, 0.29) is 43.1 Å². The molecule has 116 valence electrons. The topological polar surface area (TPSA) is 126 Å². The molecule has 9 nitrogen and oxygen atoms in total. The number of nitrogens with zero attached hydrogens (tertiary/aromatic N) is 2. The van der Waals surface area contributed by atoms with Crippen LogP contribution in [-0.2, 0) is 10.0 Å². The molecule has 1 aromatic rings. The molecule has 0 aliphatic carbocycles. The van der Waals surface area contributed by atoms with Gasteiger partial charge in [-0.2, -0.15) is 4.31 Å². The van der Waals surface area contributed by atoms with Crippen LogP contribution in [0.15, 0.2) is 21.6 Å². The lowest BCUT2D eigenvalue weighted by molar-refractivity contribution is 0.0968. The number of urea groups is 1. The third-order valence-corrected chi connectivity index (χ3v) is 4.93. The average Bonchev–Trinajstić information content (AvgIpc) is 2.97. The fourth-order valence-corrected chi connectivity index (χ4v) is 3.34. The number of hydrogen-bond donors (Lipinski definition) is 2. The molecule has 0 bridgehead atoms. The summed E-state index contributed by atoms with van der Waals surface area (Å²) in [6, 6.07) is 2.16. The van der Waals surface area contributed by atoms with Crippen molar-refractivity contribution in [1.29, 1.82) is 0 Å². The van der Waals surface area contributed by atoms with Gasteiger partial charge in [0.1, 0.15) is 0 Å². The zero-order valence-corrected chi connectivity index (χ0v) is 12.2. The van der Waals surface area contributed by atoms with Gasteiger partial charge in [-0.05, 0) is 12.1 Å². The molecule has 1 aliphatic heterocycles. The van der Waals surface area contributed by atoms with Crippen molar-refractivity contribution in [2.24, 2.45) is 5.73 Å². The molecule has 2 heterocycles. The van der Waals surface area contributed by atoms with Crippen LogP contribution in [0.2, 0.25) is 0 Å². The highest BCUT2D eigenvalue weighted by Crippen LogP contribution is 2.20. The Hall–Kier alpha value is -2.07. The standard InChI is InChI=1S/C11H16N4O5S/c1-13-11(17)14-4-6-15(7-5-14)21(18,19)9-3-2-8(20-9)10(12)16/h2-3H,4-7H2,1H3,(H2,12,16)(H,13,17). The molecule has 21 heavy (non-hydrogen) atoms. The normalized spacial score (nSPS) is 16.7. The monoisotopic (exact) mass is 316 g/mol. The molecule has 1 fully saturated rings. The Labute approximate surface area is 121 Å². The first-order valence-electron chi connectivity index (χ1n) is 6.22. The van der Waals surface area contributed by atoms with E-state index in [9.17, 15) is 18.0 Å². The number of hydrogen-bond acceptors (Lipinski definition) is 5. The summed E-state index contributed by atoms with van der Waals surface area (Å²) in [6.45, 7) is 0.870. The second-order valence-electron chi connectivity index (χ2n) is 4.43. The van der Waals surface area contributed by atoms with Gasteiger partial charge in [-0.25, -0.2) is 13.2 Å². The number of furan rings is 1. The van der Waals surface area contributed by atoms with Crippen LogP contribution < -0.4 is 11.1 Å². The van der Waals surface area contributed by atoms with Crippen molar-refractivity contribution in [3.05, 3.63) is 17.9 Å². The largest absolute Gasteiger partial charge is 0.438 e. The van der Waals surface area contributed by atoms with Gasteiger partial charge in [-0.1, -0.05) is 0 Å². The second kappa shape index (κ2) is 5.74. The van der Waals surface area contributed by atoms with Crippen molar-refractivity contribution < 1.29 is 22.4 Å². The molecule has 3 N–H and O–H groups in total. The Morgan fingerprint density at radius 1 is 1.24 bits per heavy atom. The summed E-state index contributed by atoms with van der Waals surface area (Å²) < 4.78 is 30.8. The Morgan fingerprint density at radius 2 is 1.86 bits per heavy atom. The molecule has 0 saturated carbocycles. The van der Waals surface area contributed by atoms with Gasteiger partial charge in [0.2, 0.25) is 5.09 Å². The predicted molar refractivity (Wildman–Crippen MR) is 72.0 cm³/mol. The van der Waals surface area contributed by atoms with Crippen LogP contribution in [0.3, 0.4) is 0 Å². The van der Waals surface area contributed by atoms with Gasteiger partial charge in [-0.3, -0.25) is 4.79 Å². The molecular formula is C11H16N4O5S. The summed E-state index contributed by atoms with van der Waals surface area (Å²) in [6.07, 6.45) is 0. The molecule has 2 rings (SSSR count). The molecule has 0 radical (unpaired) electrons. The highest BCUT2D eigenvalue weighted by Gasteiger charge is 2.32. The third kappa shape index (κ3) is 3.00. The van der Waals surface area contributed by atoms with Crippen LogP contribution in [0, 0.1) is 0 Å². The lowest BCUT2D eigenvalue weighted by atomic mass is 10.4. The van der Waals surface area contributed by atoms with E-state index in [4.69, 9.17) is 10.2 Å². The Kier molecular flexibility index (Phi) is 4.19. The quantitative estimate of drug-likeness (QED) is 0.741. The zero-order valence-electron chi connectivity index (χ0n) is 11.4. The minimum Gasteiger partial charge on any atom is -0.438 e. The number of carbonyl (C=O) groups excluding carboxylic acids is 2. The van der Waals surface area contributed by atoms with E-state index in [0.717, 1.165) is 0 Å². The molecule has 10 heteroatoms. The summed E-state index contributed by atoms with van der Waals surface area (Å²) >= 11 is 0. The number of nitrogens with two attached hydrogens (primary N) is 1. The molecule has 0 atom stereocenters. The smallest absolute Gasteiger partial charge is 0.317 e. The Bertz CT molecular complexity index is 645. The molecule has 0 spiro atoms. The lowest BCUT2D eigenvalue weighted by Gasteiger charge is -2.33. The number of carbonyl (C=O) groups is 2. The van der Waals surface area contributed by atoms with Gasteiger partial charge in [0, 0.05) is 33.2 Å².